The third-order valence-electron chi connectivity index (χ3n) is 4.74. The molecule has 0 aromatic carbocycles. The third-order valence-corrected chi connectivity index (χ3v) is 4.74. The van der Waals surface area contributed by atoms with E-state index in [9.17, 15) is 9.59 Å². The normalized spacial score (nSPS) is 22.2. The van der Waals surface area contributed by atoms with Crippen molar-refractivity contribution in [3.63, 3.8) is 0 Å². The van der Waals surface area contributed by atoms with Crippen molar-refractivity contribution in [3.8, 4) is 0 Å². The molecule has 1 amide bonds. The minimum absolute atomic E-state index is 0.0705. The Hall–Kier alpha value is -1.56. The van der Waals surface area contributed by atoms with Gasteiger partial charge in [0, 0.05) is 38.4 Å². The van der Waals surface area contributed by atoms with Gasteiger partial charge in [0.25, 0.3) is 5.91 Å². The molecular formula is C15H24N4O2. The van der Waals surface area contributed by atoms with E-state index in [2.05, 4.69) is 14.9 Å². The van der Waals surface area contributed by atoms with Gasteiger partial charge in [-0.15, -0.1) is 0 Å². The van der Waals surface area contributed by atoms with Crippen molar-refractivity contribution >= 4 is 5.91 Å². The number of H-pyrrole nitrogens is 2. The lowest BCUT2D eigenvalue weighted by Gasteiger charge is -2.33. The molecule has 1 aromatic rings. The summed E-state index contributed by atoms with van der Waals surface area (Å²) >= 11 is 0. The zero-order chi connectivity index (χ0) is 14.7. The summed E-state index contributed by atoms with van der Waals surface area (Å²) in [6, 6.07) is 0.709. The van der Waals surface area contributed by atoms with Crippen LogP contribution < -0.4 is 5.69 Å². The predicted octanol–water partition coefficient (Wildman–Crippen LogP) is 1.18. The summed E-state index contributed by atoms with van der Waals surface area (Å²) in [7, 11) is 0. The molecule has 0 unspecified atom stereocenters. The molecule has 1 aliphatic carbocycles. The lowest BCUT2D eigenvalue weighted by molar-refractivity contribution is 0.0749. The van der Waals surface area contributed by atoms with Crippen LogP contribution in [0, 0.1) is 0 Å². The minimum Gasteiger partial charge on any atom is -0.336 e. The Bertz CT molecular complexity index is 530. The molecule has 2 aliphatic rings. The first-order valence-electron chi connectivity index (χ1n) is 8.05. The van der Waals surface area contributed by atoms with Crippen LogP contribution in [0.5, 0.6) is 0 Å². The molecule has 1 saturated carbocycles. The number of nitrogens with one attached hydrogen (secondary N) is 2. The number of aromatic nitrogens is 2. The number of hydrogen-bond acceptors (Lipinski definition) is 3. The van der Waals surface area contributed by atoms with E-state index >= 15 is 0 Å². The summed E-state index contributed by atoms with van der Waals surface area (Å²) in [4.78, 5) is 33.0. The fraction of sp³-hybridized carbons (Fsp3) is 0.733. The second-order valence-corrected chi connectivity index (χ2v) is 6.13. The van der Waals surface area contributed by atoms with E-state index in [1.54, 1.807) is 0 Å². The molecule has 2 N–H and O–H groups in total. The number of hydrogen-bond donors (Lipinski definition) is 2. The van der Waals surface area contributed by atoms with Gasteiger partial charge in [-0.05, 0) is 19.3 Å². The number of rotatable bonds is 2. The topological polar surface area (TPSA) is 72.2 Å². The van der Waals surface area contributed by atoms with E-state index in [0.29, 0.717) is 11.7 Å². The van der Waals surface area contributed by atoms with Crippen molar-refractivity contribution < 1.29 is 4.79 Å². The van der Waals surface area contributed by atoms with Crippen LogP contribution in [-0.2, 0) is 0 Å². The van der Waals surface area contributed by atoms with Gasteiger partial charge in [0.2, 0.25) is 0 Å². The van der Waals surface area contributed by atoms with E-state index in [1.807, 2.05) is 4.90 Å². The number of imidazole rings is 1. The fourth-order valence-electron chi connectivity index (χ4n) is 3.57. The van der Waals surface area contributed by atoms with Crippen LogP contribution in [0.3, 0.4) is 0 Å². The number of carbonyl (C=O) groups is 1. The van der Waals surface area contributed by atoms with Crippen LogP contribution in [0.2, 0.25) is 0 Å². The van der Waals surface area contributed by atoms with Gasteiger partial charge >= 0.3 is 5.69 Å². The Morgan fingerprint density at radius 3 is 2.57 bits per heavy atom. The average Bonchev–Trinajstić information content (AvgIpc) is 2.81. The molecule has 0 spiro atoms. The SMILES string of the molecule is O=C(c1c[nH]c(=O)[nH]1)N1CCCN(C2CCCCC2)CC1. The van der Waals surface area contributed by atoms with Crippen LogP contribution in [0.4, 0.5) is 0 Å². The minimum atomic E-state index is -0.322. The second-order valence-electron chi connectivity index (χ2n) is 6.13. The van der Waals surface area contributed by atoms with Crippen molar-refractivity contribution in [1.82, 2.24) is 19.8 Å². The quantitative estimate of drug-likeness (QED) is 0.860. The highest BCUT2D eigenvalue weighted by Crippen LogP contribution is 2.23. The van der Waals surface area contributed by atoms with Crippen molar-refractivity contribution in [3.05, 3.63) is 22.4 Å². The standard InChI is InChI=1S/C15H24N4O2/c20-14(13-11-16-15(21)17-13)19-8-4-7-18(9-10-19)12-5-2-1-3-6-12/h11-12H,1-10H2,(H2,16,17,21). The first kappa shape index (κ1) is 14.4. The highest BCUT2D eigenvalue weighted by Gasteiger charge is 2.26. The zero-order valence-corrected chi connectivity index (χ0v) is 12.4. The maximum atomic E-state index is 12.4. The molecule has 0 radical (unpaired) electrons. The van der Waals surface area contributed by atoms with E-state index in [1.165, 1.54) is 38.3 Å². The van der Waals surface area contributed by atoms with Crippen LogP contribution >= 0.6 is 0 Å². The molecule has 21 heavy (non-hydrogen) atoms. The molecule has 0 atom stereocenters. The molecule has 116 valence electrons. The molecule has 1 aromatic heterocycles. The van der Waals surface area contributed by atoms with Crippen LogP contribution in [0.15, 0.2) is 11.0 Å². The predicted molar refractivity (Wildman–Crippen MR) is 80.4 cm³/mol. The van der Waals surface area contributed by atoms with E-state index in [4.69, 9.17) is 0 Å². The van der Waals surface area contributed by atoms with E-state index in [-0.39, 0.29) is 11.6 Å². The first-order chi connectivity index (χ1) is 10.2. The van der Waals surface area contributed by atoms with Gasteiger partial charge in [0.15, 0.2) is 0 Å². The summed E-state index contributed by atoms with van der Waals surface area (Å²) < 4.78 is 0. The molecule has 1 aliphatic heterocycles. The Morgan fingerprint density at radius 2 is 1.86 bits per heavy atom. The van der Waals surface area contributed by atoms with E-state index in [0.717, 1.165) is 32.6 Å². The molecule has 3 rings (SSSR count). The number of carbonyl (C=O) groups excluding carboxylic acids is 1. The summed E-state index contributed by atoms with van der Waals surface area (Å²) in [5.41, 5.74) is 0.0446. The van der Waals surface area contributed by atoms with Crippen LogP contribution in [0.25, 0.3) is 0 Å². The van der Waals surface area contributed by atoms with Gasteiger partial charge in [0.1, 0.15) is 5.69 Å². The molecule has 2 fully saturated rings. The Labute approximate surface area is 124 Å². The van der Waals surface area contributed by atoms with Crippen molar-refractivity contribution in [2.45, 2.75) is 44.6 Å². The van der Waals surface area contributed by atoms with Crippen molar-refractivity contribution in [2.24, 2.45) is 0 Å². The van der Waals surface area contributed by atoms with E-state index < -0.39 is 0 Å². The van der Waals surface area contributed by atoms with Gasteiger partial charge in [-0.3, -0.25) is 9.69 Å². The number of aromatic amines is 2. The average molecular weight is 292 g/mol. The molecule has 0 bridgehead atoms. The van der Waals surface area contributed by atoms with Crippen molar-refractivity contribution in [2.75, 3.05) is 26.2 Å². The molecule has 6 heteroatoms. The molecular weight excluding hydrogens is 268 g/mol. The van der Waals surface area contributed by atoms with Crippen LogP contribution in [-0.4, -0.2) is 57.9 Å². The third kappa shape index (κ3) is 3.37. The maximum absolute atomic E-state index is 12.4. The zero-order valence-electron chi connectivity index (χ0n) is 12.4. The van der Waals surface area contributed by atoms with Crippen molar-refractivity contribution in [1.29, 1.82) is 0 Å². The Morgan fingerprint density at radius 1 is 1.05 bits per heavy atom. The Kier molecular flexibility index (Phi) is 4.43. The monoisotopic (exact) mass is 292 g/mol. The van der Waals surface area contributed by atoms with Gasteiger partial charge in [0.05, 0.1) is 0 Å². The summed E-state index contributed by atoms with van der Waals surface area (Å²) in [6.45, 7) is 3.56. The molecule has 1 saturated heterocycles. The Balaban J connectivity index is 1.60. The van der Waals surface area contributed by atoms with Gasteiger partial charge in [-0.2, -0.15) is 0 Å². The maximum Gasteiger partial charge on any atom is 0.323 e. The lowest BCUT2D eigenvalue weighted by Crippen LogP contribution is -2.40. The van der Waals surface area contributed by atoms with Gasteiger partial charge < -0.3 is 14.9 Å². The second kappa shape index (κ2) is 6.47. The highest BCUT2D eigenvalue weighted by molar-refractivity contribution is 5.92. The fourth-order valence-corrected chi connectivity index (χ4v) is 3.57. The largest absolute Gasteiger partial charge is 0.336 e. The molecule has 6 nitrogen and oxygen atoms in total. The number of nitrogens with zero attached hydrogens (tertiary/aromatic N) is 2. The smallest absolute Gasteiger partial charge is 0.323 e. The summed E-state index contributed by atoms with van der Waals surface area (Å²) in [5.74, 6) is -0.0705. The highest BCUT2D eigenvalue weighted by atomic mass is 16.2. The first-order valence-corrected chi connectivity index (χ1v) is 8.05. The van der Waals surface area contributed by atoms with Gasteiger partial charge in [-0.25, -0.2) is 4.79 Å². The van der Waals surface area contributed by atoms with Crippen LogP contribution in [0.1, 0.15) is 49.0 Å². The lowest BCUT2D eigenvalue weighted by atomic mass is 9.94. The van der Waals surface area contributed by atoms with Gasteiger partial charge in [-0.1, -0.05) is 19.3 Å². The molecule has 2 heterocycles. The number of amides is 1. The summed E-state index contributed by atoms with van der Waals surface area (Å²) in [5, 5.41) is 0. The summed E-state index contributed by atoms with van der Waals surface area (Å²) in [6.07, 6.45) is 9.14.